The molecule has 88 valence electrons. The average Bonchev–Trinajstić information content (AvgIpc) is 2.20. The third-order valence-electron chi connectivity index (χ3n) is 3.10. The molecule has 1 rings (SSSR count). The fourth-order valence-electron chi connectivity index (χ4n) is 1.97. The summed E-state index contributed by atoms with van der Waals surface area (Å²) >= 11 is 0. The Morgan fingerprint density at radius 1 is 1.31 bits per heavy atom. The summed E-state index contributed by atoms with van der Waals surface area (Å²) in [5.74, 6) is 1.37. The zero-order chi connectivity index (χ0) is 12.1. The molecule has 0 bridgehead atoms. The third kappa shape index (κ3) is 3.76. The van der Waals surface area contributed by atoms with E-state index >= 15 is 0 Å². The molecule has 0 saturated heterocycles. The Hall–Kier alpha value is -0.610. The predicted octanol–water partition coefficient (Wildman–Crippen LogP) is 4.15. The van der Waals surface area contributed by atoms with Crippen LogP contribution in [0.25, 0.3) is 0 Å². The lowest BCUT2D eigenvalue weighted by atomic mass is 9.92. The standard InChI is InChI=1S/C15H23P/c1-11(2)14(12(3)4)10-16-15-9-7-6-8-13(15)5/h6-9,12,14,16H,1,10H2,2-5H3. The Morgan fingerprint density at radius 2 is 1.94 bits per heavy atom. The van der Waals surface area contributed by atoms with Gasteiger partial charge in [-0.3, -0.25) is 0 Å². The van der Waals surface area contributed by atoms with E-state index in [-0.39, 0.29) is 0 Å². The van der Waals surface area contributed by atoms with Gasteiger partial charge in [0.25, 0.3) is 0 Å². The van der Waals surface area contributed by atoms with Crippen LogP contribution in [0.15, 0.2) is 36.4 Å². The second kappa shape index (κ2) is 6.21. The van der Waals surface area contributed by atoms with E-state index in [9.17, 15) is 0 Å². The first kappa shape index (κ1) is 13.5. The Morgan fingerprint density at radius 3 is 2.44 bits per heavy atom. The smallest absolute Gasteiger partial charge is 0.0146 e. The summed E-state index contributed by atoms with van der Waals surface area (Å²) in [6.07, 6.45) is 1.25. The van der Waals surface area contributed by atoms with Crippen molar-refractivity contribution < 1.29 is 0 Å². The molecule has 2 unspecified atom stereocenters. The topological polar surface area (TPSA) is 0 Å². The van der Waals surface area contributed by atoms with Crippen LogP contribution in [-0.4, -0.2) is 6.16 Å². The van der Waals surface area contributed by atoms with Gasteiger partial charge in [-0.2, -0.15) is 0 Å². The minimum absolute atomic E-state index is 0.665. The van der Waals surface area contributed by atoms with Crippen LogP contribution in [0, 0.1) is 18.8 Å². The van der Waals surface area contributed by atoms with Crippen molar-refractivity contribution >= 4 is 13.9 Å². The van der Waals surface area contributed by atoms with E-state index in [0.717, 1.165) is 8.58 Å². The van der Waals surface area contributed by atoms with Crippen LogP contribution in [0.1, 0.15) is 26.3 Å². The van der Waals surface area contributed by atoms with Gasteiger partial charge in [0, 0.05) is 0 Å². The largest absolute Gasteiger partial charge is 0.0998 e. The van der Waals surface area contributed by atoms with E-state index in [4.69, 9.17) is 0 Å². The van der Waals surface area contributed by atoms with Crippen LogP contribution < -0.4 is 5.30 Å². The molecule has 0 aliphatic rings. The maximum atomic E-state index is 4.12. The number of hydrogen-bond acceptors (Lipinski definition) is 0. The zero-order valence-electron chi connectivity index (χ0n) is 10.9. The zero-order valence-corrected chi connectivity index (χ0v) is 11.9. The second-order valence-electron chi connectivity index (χ2n) is 4.89. The Balaban J connectivity index is 2.63. The quantitative estimate of drug-likeness (QED) is 0.530. The number of aryl methyl sites for hydroxylation is 1. The van der Waals surface area contributed by atoms with Crippen molar-refractivity contribution in [2.75, 3.05) is 6.16 Å². The first-order valence-corrected chi connectivity index (χ1v) is 7.18. The normalized spacial score (nSPS) is 13.6. The minimum Gasteiger partial charge on any atom is -0.0998 e. The third-order valence-corrected chi connectivity index (χ3v) is 4.68. The molecule has 16 heavy (non-hydrogen) atoms. The van der Waals surface area contributed by atoms with Gasteiger partial charge in [0.05, 0.1) is 0 Å². The van der Waals surface area contributed by atoms with Crippen LogP contribution >= 0.6 is 8.58 Å². The highest BCUT2D eigenvalue weighted by atomic mass is 31.1. The van der Waals surface area contributed by atoms with Gasteiger partial charge in [-0.1, -0.05) is 58.8 Å². The van der Waals surface area contributed by atoms with Gasteiger partial charge in [-0.15, -0.1) is 0 Å². The molecule has 0 nitrogen and oxygen atoms in total. The lowest BCUT2D eigenvalue weighted by Crippen LogP contribution is -2.14. The van der Waals surface area contributed by atoms with E-state index in [2.05, 4.69) is 58.5 Å². The van der Waals surface area contributed by atoms with E-state index < -0.39 is 0 Å². The molecule has 1 heteroatoms. The van der Waals surface area contributed by atoms with Crippen LogP contribution in [-0.2, 0) is 0 Å². The molecule has 2 atom stereocenters. The summed E-state index contributed by atoms with van der Waals surface area (Å²) in [5.41, 5.74) is 2.75. The summed E-state index contributed by atoms with van der Waals surface area (Å²) in [6, 6.07) is 8.71. The molecule has 0 saturated carbocycles. The molecular formula is C15H23P. The maximum absolute atomic E-state index is 4.12. The number of hydrogen-bond donors (Lipinski definition) is 0. The van der Waals surface area contributed by atoms with Gasteiger partial charge < -0.3 is 0 Å². The van der Waals surface area contributed by atoms with E-state index in [1.54, 1.807) is 0 Å². The van der Waals surface area contributed by atoms with E-state index in [0.29, 0.717) is 11.8 Å². The van der Waals surface area contributed by atoms with Crippen molar-refractivity contribution in [2.45, 2.75) is 27.7 Å². The van der Waals surface area contributed by atoms with Crippen LogP contribution in [0.5, 0.6) is 0 Å². The molecule has 0 spiro atoms. The lowest BCUT2D eigenvalue weighted by molar-refractivity contribution is 0.488. The summed E-state index contributed by atoms with van der Waals surface area (Å²) in [5, 5.41) is 1.51. The van der Waals surface area contributed by atoms with Crippen LogP contribution in [0.2, 0.25) is 0 Å². The van der Waals surface area contributed by atoms with Gasteiger partial charge in [0.2, 0.25) is 0 Å². The van der Waals surface area contributed by atoms with Gasteiger partial charge in [-0.05, 0) is 42.7 Å². The van der Waals surface area contributed by atoms with Gasteiger partial charge in [0.1, 0.15) is 0 Å². The average molecular weight is 234 g/mol. The van der Waals surface area contributed by atoms with Crippen molar-refractivity contribution in [3.8, 4) is 0 Å². The molecule has 0 fully saturated rings. The van der Waals surface area contributed by atoms with Gasteiger partial charge in [0.15, 0.2) is 0 Å². The summed E-state index contributed by atoms with van der Waals surface area (Å²) in [6.45, 7) is 13.1. The highest BCUT2D eigenvalue weighted by Gasteiger charge is 2.14. The second-order valence-corrected chi connectivity index (χ2v) is 6.19. The van der Waals surface area contributed by atoms with E-state index in [1.165, 1.54) is 22.6 Å². The van der Waals surface area contributed by atoms with Crippen molar-refractivity contribution in [1.29, 1.82) is 0 Å². The van der Waals surface area contributed by atoms with Crippen LogP contribution in [0.4, 0.5) is 0 Å². The molecule has 0 aliphatic heterocycles. The number of rotatable bonds is 5. The van der Waals surface area contributed by atoms with Crippen LogP contribution in [0.3, 0.4) is 0 Å². The van der Waals surface area contributed by atoms with Crippen molar-refractivity contribution in [3.05, 3.63) is 42.0 Å². The predicted molar refractivity (Wildman–Crippen MR) is 77.1 cm³/mol. The van der Waals surface area contributed by atoms with Crippen molar-refractivity contribution in [3.63, 3.8) is 0 Å². The molecule has 0 N–H and O–H groups in total. The molecule has 0 aromatic heterocycles. The number of benzene rings is 1. The summed E-state index contributed by atoms with van der Waals surface area (Å²) in [4.78, 5) is 0. The highest BCUT2D eigenvalue weighted by molar-refractivity contribution is 7.47. The summed E-state index contributed by atoms with van der Waals surface area (Å²) in [7, 11) is 0.908. The minimum atomic E-state index is 0.665. The Kier molecular flexibility index (Phi) is 5.22. The van der Waals surface area contributed by atoms with E-state index in [1.807, 2.05) is 0 Å². The first-order chi connectivity index (χ1) is 7.52. The first-order valence-electron chi connectivity index (χ1n) is 5.97. The molecule has 0 aliphatic carbocycles. The van der Waals surface area contributed by atoms with Gasteiger partial charge >= 0.3 is 0 Å². The SMILES string of the molecule is C=C(C)C(CPc1ccccc1C)C(C)C. The Bertz CT molecular complexity index is 352. The maximum Gasteiger partial charge on any atom is -0.0146 e. The molecule has 1 aromatic carbocycles. The molecule has 0 amide bonds. The summed E-state index contributed by atoms with van der Waals surface area (Å²) < 4.78 is 0. The fourth-order valence-corrected chi connectivity index (χ4v) is 3.81. The molecule has 0 radical (unpaired) electrons. The molecule has 0 heterocycles. The lowest BCUT2D eigenvalue weighted by Gasteiger charge is -2.21. The Labute approximate surface area is 102 Å². The molecule has 1 aromatic rings. The molecular weight excluding hydrogens is 211 g/mol. The highest BCUT2D eigenvalue weighted by Crippen LogP contribution is 2.27. The monoisotopic (exact) mass is 234 g/mol. The van der Waals surface area contributed by atoms with Crippen molar-refractivity contribution in [2.24, 2.45) is 11.8 Å². The van der Waals surface area contributed by atoms with Gasteiger partial charge in [-0.25, -0.2) is 0 Å². The number of allylic oxidation sites excluding steroid dienone is 1. The van der Waals surface area contributed by atoms with Crippen molar-refractivity contribution in [1.82, 2.24) is 0 Å². The fraction of sp³-hybridized carbons (Fsp3) is 0.467.